The molecule has 180 valence electrons. The molecule has 2 aliphatic heterocycles. The van der Waals surface area contributed by atoms with Crippen LogP contribution < -0.4 is 0 Å². The summed E-state index contributed by atoms with van der Waals surface area (Å²) in [5.41, 5.74) is 3.64. The van der Waals surface area contributed by atoms with Crippen molar-refractivity contribution in [3.8, 4) is 11.3 Å². The number of aromatic nitrogens is 2. The lowest BCUT2D eigenvalue weighted by Gasteiger charge is -2.33. The molecule has 3 fully saturated rings. The summed E-state index contributed by atoms with van der Waals surface area (Å²) in [7, 11) is 0. The molecule has 4 heteroatoms. The number of piperidine rings is 1. The van der Waals surface area contributed by atoms with Gasteiger partial charge in [0.1, 0.15) is 0 Å². The van der Waals surface area contributed by atoms with Gasteiger partial charge in [-0.05, 0) is 80.4 Å². The second-order valence-corrected chi connectivity index (χ2v) is 11.2. The maximum absolute atomic E-state index is 4.73. The van der Waals surface area contributed by atoms with Gasteiger partial charge in [0, 0.05) is 36.8 Å². The van der Waals surface area contributed by atoms with Crippen molar-refractivity contribution in [2.75, 3.05) is 39.3 Å². The van der Waals surface area contributed by atoms with Crippen LogP contribution in [0.2, 0.25) is 0 Å². The summed E-state index contributed by atoms with van der Waals surface area (Å²) in [6.07, 6.45) is 11.3. The van der Waals surface area contributed by atoms with Gasteiger partial charge in [-0.25, -0.2) is 0 Å². The van der Waals surface area contributed by atoms with Crippen LogP contribution in [-0.2, 0) is 0 Å². The van der Waals surface area contributed by atoms with Gasteiger partial charge >= 0.3 is 0 Å². The molecule has 3 aliphatic rings. The maximum atomic E-state index is 4.73. The van der Waals surface area contributed by atoms with Gasteiger partial charge in [-0.1, -0.05) is 61.7 Å². The van der Waals surface area contributed by atoms with Crippen LogP contribution in [-0.4, -0.2) is 59.3 Å². The van der Waals surface area contributed by atoms with E-state index in [4.69, 9.17) is 5.10 Å². The van der Waals surface area contributed by atoms with Crippen LogP contribution in [0.4, 0.5) is 0 Å². The third kappa shape index (κ3) is 4.94. The average molecular weight is 457 g/mol. The Balaban J connectivity index is 1.01. The third-order valence-corrected chi connectivity index (χ3v) is 8.82. The highest BCUT2D eigenvalue weighted by Crippen LogP contribution is 2.33. The van der Waals surface area contributed by atoms with E-state index in [0.29, 0.717) is 5.92 Å². The number of aromatic amines is 1. The quantitative estimate of drug-likeness (QED) is 0.472. The van der Waals surface area contributed by atoms with E-state index >= 15 is 0 Å². The first kappa shape index (κ1) is 22.3. The number of nitrogens with zero attached hydrogens (tertiary/aromatic N) is 3. The lowest BCUT2D eigenvalue weighted by Crippen LogP contribution is -2.37. The Morgan fingerprint density at radius 2 is 1.53 bits per heavy atom. The molecule has 0 amide bonds. The number of hydrogen-bond acceptors (Lipinski definition) is 3. The number of rotatable bonds is 6. The summed E-state index contributed by atoms with van der Waals surface area (Å²) >= 11 is 0. The molecule has 0 unspecified atom stereocenters. The standard InChI is InChI=1S/C30H40N4/c1-2-7-23(8-3-1)20-34-16-13-24(22-34)21-33-17-14-26(15-18-33)29-19-30(32-31-29)28-12-6-10-25-9-4-5-11-27(25)28/h4-6,9-12,19,23-24,26H,1-3,7-8,13-18,20-22H2,(H,31,32)/t24-/m1/s1. The van der Waals surface area contributed by atoms with E-state index in [9.17, 15) is 0 Å². The molecule has 4 nitrogen and oxygen atoms in total. The van der Waals surface area contributed by atoms with Gasteiger partial charge < -0.3 is 9.80 Å². The van der Waals surface area contributed by atoms with Gasteiger partial charge in [-0.2, -0.15) is 5.10 Å². The summed E-state index contributed by atoms with van der Waals surface area (Å²) in [5, 5.41) is 10.7. The van der Waals surface area contributed by atoms with E-state index in [-0.39, 0.29) is 0 Å². The zero-order chi connectivity index (χ0) is 22.7. The number of benzene rings is 2. The molecule has 0 radical (unpaired) electrons. The van der Waals surface area contributed by atoms with Crippen molar-refractivity contribution in [1.29, 1.82) is 0 Å². The molecule has 0 bridgehead atoms. The van der Waals surface area contributed by atoms with Crippen LogP contribution in [0.3, 0.4) is 0 Å². The van der Waals surface area contributed by atoms with E-state index in [1.54, 1.807) is 0 Å². The van der Waals surface area contributed by atoms with Crippen LogP contribution in [0.25, 0.3) is 22.0 Å². The second kappa shape index (κ2) is 10.2. The first-order chi connectivity index (χ1) is 16.8. The first-order valence-corrected chi connectivity index (χ1v) is 13.8. The smallest absolute Gasteiger partial charge is 0.0929 e. The number of H-pyrrole nitrogens is 1. The van der Waals surface area contributed by atoms with Crippen molar-refractivity contribution >= 4 is 10.8 Å². The molecule has 0 spiro atoms. The number of nitrogens with one attached hydrogen (secondary N) is 1. The highest BCUT2D eigenvalue weighted by molar-refractivity contribution is 5.95. The lowest BCUT2D eigenvalue weighted by molar-refractivity contribution is 0.175. The van der Waals surface area contributed by atoms with E-state index < -0.39 is 0 Å². The van der Waals surface area contributed by atoms with E-state index in [1.165, 1.54) is 113 Å². The summed E-state index contributed by atoms with van der Waals surface area (Å²) in [4.78, 5) is 5.53. The molecule has 2 aromatic carbocycles. The minimum absolute atomic E-state index is 0.610. The maximum Gasteiger partial charge on any atom is 0.0929 e. The zero-order valence-electron chi connectivity index (χ0n) is 20.6. The van der Waals surface area contributed by atoms with Gasteiger partial charge in [0.25, 0.3) is 0 Å². The molecule has 1 aliphatic carbocycles. The fourth-order valence-electron chi connectivity index (χ4n) is 6.89. The highest BCUT2D eigenvalue weighted by atomic mass is 15.2. The zero-order valence-corrected chi connectivity index (χ0v) is 20.6. The minimum Gasteiger partial charge on any atom is -0.303 e. The molecule has 2 saturated heterocycles. The monoisotopic (exact) mass is 456 g/mol. The molecule has 34 heavy (non-hydrogen) atoms. The molecule has 1 atom stereocenters. The van der Waals surface area contributed by atoms with Crippen molar-refractivity contribution in [1.82, 2.24) is 20.0 Å². The van der Waals surface area contributed by atoms with Crippen LogP contribution in [0, 0.1) is 11.8 Å². The first-order valence-electron chi connectivity index (χ1n) is 13.8. The third-order valence-electron chi connectivity index (χ3n) is 8.82. The van der Waals surface area contributed by atoms with Gasteiger partial charge in [0.05, 0.1) is 5.69 Å². The highest BCUT2D eigenvalue weighted by Gasteiger charge is 2.29. The van der Waals surface area contributed by atoms with E-state index in [0.717, 1.165) is 17.5 Å². The normalized spacial score (nSPS) is 23.7. The van der Waals surface area contributed by atoms with Gasteiger partial charge in [-0.3, -0.25) is 5.10 Å². The number of hydrogen-bond donors (Lipinski definition) is 1. The SMILES string of the molecule is c1ccc2c(-c3cc(C4CCN(C[C@H]5CCN(CC6CCCCC6)C5)CC4)[nH]n3)cccc2c1. The van der Waals surface area contributed by atoms with Crippen LogP contribution in [0.5, 0.6) is 0 Å². The van der Waals surface area contributed by atoms with E-state index in [2.05, 4.69) is 63.4 Å². The van der Waals surface area contributed by atoms with Crippen molar-refractivity contribution in [2.24, 2.45) is 11.8 Å². The fourth-order valence-corrected chi connectivity index (χ4v) is 6.89. The Labute approximate surface area is 204 Å². The van der Waals surface area contributed by atoms with Crippen molar-refractivity contribution in [2.45, 2.75) is 57.3 Å². The Kier molecular flexibility index (Phi) is 6.70. The van der Waals surface area contributed by atoms with Crippen molar-refractivity contribution in [3.05, 3.63) is 54.2 Å². The minimum atomic E-state index is 0.610. The van der Waals surface area contributed by atoms with E-state index in [1.807, 2.05) is 0 Å². The molecular formula is C30H40N4. The summed E-state index contributed by atoms with van der Waals surface area (Å²) in [6, 6.07) is 17.4. The molecule has 6 rings (SSSR count). The summed E-state index contributed by atoms with van der Waals surface area (Å²) in [6.45, 7) is 7.81. The van der Waals surface area contributed by atoms with Gasteiger partial charge in [0.15, 0.2) is 0 Å². The predicted octanol–water partition coefficient (Wildman–Crippen LogP) is 6.31. The van der Waals surface area contributed by atoms with Crippen molar-refractivity contribution < 1.29 is 0 Å². The molecule has 3 aromatic rings. The largest absolute Gasteiger partial charge is 0.303 e. The molecule has 1 aromatic heterocycles. The van der Waals surface area contributed by atoms with Crippen LogP contribution in [0.1, 0.15) is 63.0 Å². The van der Waals surface area contributed by atoms with Crippen LogP contribution >= 0.6 is 0 Å². The van der Waals surface area contributed by atoms with Crippen LogP contribution in [0.15, 0.2) is 48.5 Å². The Morgan fingerprint density at radius 3 is 2.41 bits per heavy atom. The molecule has 1 N–H and O–H groups in total. The molecule has 1 saturated carbocycles. The Bertz CT molecular complexity index is 1070. The topological polar surface area (TPSA) is 35.2 Å². The molecule has 3 heterocycles. The fraction of sp³-hybridized carbons (Fsp3) is 0.567. The van der Waals surface area contributed by atoms with Gasteiger partial charge in [-0.15, -0.1) is 0 Å². The molecular weight excluding hydrogens is 416 g/mol. The lowest BCUT2D eigenvalue weighted by atomic mass is 9.89. The summed E-state index contributed by atoms with van der Waals surface area (Å²) in [5.74, 6) is 2.47. The Hall–Kier alpha value is -2.17. The second-order valence-electron chi connectivity index (χ2n) is 11.2. The predicted molar refractivity (Wildman–Crippen MR) is 141 cm³/mol. The van der Waals surface area contributed by atoms with Crippen molar-refractivity contribution in [3.63, 3.8) is 0 Å². The number of likely N-dealkylation sites (tertiary alicyclic amines) is 2. The Morgan fingerprint density at radius 1 is 0.765 bits per heavy atom. The summed E-state index contributed by atoms with van der Waals surface area (Å²) < 4.78 is 0. The van der Waals surface area contributed by atoms with Gasteiger partial charge in [0.2, 0.25) is 0 Å². The number of fused-ring (bicyclic) bond motifs is 1. The average Bonchev–Trinajstić information content (AvgIpc) is 3.55.